The molecule has 0 aliphatic rings. The van der Waals surface area contributed by atoms with E-state index in [1.54, 1.807) is 0 Å². The normalized spacial score (nSPS) is 11.4. The minimum Gasteiger partial charge on any atom is -0.375 e. The molecule has 0 spiro atoms. The van der Waals surface area contributed by atoms with Crippen LogP contribution in [-0.4, -0.2) is 16.4 Å². The Labute approximate surface area is 113 Å². The lowest BCUT2D eigenvalue weighted by Crippen LogP contribution is -2.06. The summed E-state index contributed by atoms with van der Waals surface area (Å²) < 4.78 is 8.86. The summed E-state index contributed by atoms with van der Waals surface area (Å²) in [5.74, 6) is 0.695. The first-order valence-corrected chi connectivity index (χ1v) is 7.21. The summed E-state index contributed by atoms with van der Waals surface area (Å²) in [4.78, 5) is 0. The number of aromatic nitrogens is 2. The Morgan fingerprint density at radius 2 is 2.06 bits per heavy atom. The fraction of sp³-hybridized carbons (Fsp3) is 0.769. The molecule has 1 heterocycles. The first-order chi connectivity index (χ1) is 8.10. The summed E-state index contributed by atoms with van der Waals surface area (Å²) in [6.45, 7) is 11.0. The van der Waals surface area contributed by atoms with Gasteiger partial charge in [-0.3, -0.25) is 4.68 Å². The van der Waals surface area contributed by atoms with Crippen LogP contribution in [0.15, 0.2) is 4.47 Å². The van der Waals surface area contributed by atoms with Crippen molar-refractivity contribution in [2.24, 2.45) is 5.92 Å². The van der Waals surface area contributed by atoms with Crippen LogP contribution in [-0.2, 0) is 24.3 Å². The molecule has 0 amide bonds. The molecule has 1 rings (SSSR count). The van der Waals surface area contributed by atoms with Crippen LogP contribution in [0.5, 0.6) is 0 Å². The number of halogens is 1. The fourth-order valence-electron chi connectivity index (χ4n) is 1.64. The smallest absolute Gasteiger partial charge is 0.0896 e. The van der Waals surface area contributed by atoms with Gasteiger partial charge in [0.1, 0.15) is 0 Å². The number of hydrogen-bond acceptors (Lipinski definition) is 2. The summed E-state index contributed by atoms with van der Waals surface area (Å²) in [6, 6.07) is 0. The van der Waals surface area contributed by atoms with Gasteiger partial charge in [0.15, 0.2) is 0 Å². The minimum atomic E-state index is 0.647. The zero-order valence-electron chi connectivity index (χ0n) is 11.3. The molecule has 1 aromatic rings. The molecule has 17 heavy (non-hydrogen) atoms. The van der Waals surface area contributed by atoms with E-state index in [1.807, 2.05) is 4.68 Å². The molecule has 4 heteroatoms. The molecule has 0 saturated carbocycles. The Kier molecular flexibility index (Phi) is 6.20. The molecule has 0 atom stereocenters. The summed E-state index contributed by atoms with van der Waals surface area (Å²) in [6.07, 6.45) is 2.06. The van der Waals surface area contributed by atoms with Crippen LogP contribution >= 0.6 is 15.9 Å². The van der Waals surface area contributed by atoms with Crippen LogP contribution in [0.4, 0.5) is 0 Å². The maximum absolute atomic E-state index is 5.72. The first kappa shape index (κ1) is 14.7. The quantitative estimate of drug-likeness (QED) is 0.717. The van der Waals surface area contributed by atoms with Gasteiger partial charge in [-0.05, 0) is 41.6 Å². The van der Waals surface area contributed by atoms with E-state index in [0.717, 1.165) is 41.9 Å². The number of hydrogen-bond donors (Lipinski definition) is 0. The standard InChI is InChI=1S/C13H23BrN2O/c1-5-11-13(14)12(16(6-2)15-11)9-17-8-7-10(3)4/h10H,5-9H2,1-4H3. The monoisotopic (exact) mass is 302 g/mol. The van der Waals surface area contributed by atoms with Crippen molar-refractivity contribution in [1.29, 1.82) is 0 Å². The topological polar surface area (TPSA) is 27.1 Å². The van der Waals surface area contributed by atoms with E-state index in [-0.39, 0.29) is 0 Å². The Balaban J connectivity index is 2.59. The van der Waals surface area contributed by atoms with Gasteiger partial charge in [-0.25, -0.2) is 0 Å². The number of rotatable bonds is 7. The van der Waals surface area contributed by atoms with Gasteiger partial charge in [-0.1, -0.05) is 20.8 Å². The summed E-state index contributed by atoms with van der Waals surface area (Å²) in [5, 5.41) is 4.55. The van der Waals surface area contributed by atoms with Gasteiger partial charge in [0.2, 0.25) is 0 Å². The van der Waals surface area contributed by atoms with Crippen molar-refractivity contribution >= 4 is 15.9 Å². The lowest BCUT2D eigenvalue weighted by Gasteiger charge is -2.08. The third-order valence-corrected chi connectivity index (χ3v) is 3.69. The Morgan fingerprint density at radius 1 is 1.35 bits per heavy atom. The fourth-order valence-corrected chi connectivity index (χ4v) is 2.32. The summed E-state index contributed by atoms with van der Waals surface area (Å²) >= 11 is 3.62. The maximum atomic E-state index is 5.72. The Hall–Kier alpha value is -0.350. The van der Waals surface area contributed by atoms with Gasteiger partial charge in [-0.2, -0.15) is 5.10 Å². The zero-order valence-corrected chi connectivity index (χ0v) is 12.9. The van der Waals surface area contributed by atoms with Crippen LogP contribution in [0.25, 0.3) is 0 Å². The molecule has 98 valence electrons. The molecular formula is C13H23BrN2O. The molecule has 3 nitrogen and oxygen atoms in total. The molecule has 0 N–H and O–H groups in total. The van der Waals surface area contributed by atoms with E-state index in [1.165, 1.54) is 0 Å². The molecule has 0 aromatic carbocycles. The summed E-state index contributed by atoms with van der Waals surface area (Å²) in [7, 11) is 0. The van der Waals surface area contributed by atoms with Crippen molar-refractivity contribution in [3.8, 4) is 0 Å². The van der Waals surface area contributed by atoms with Crippen molar-refractivity contribution < 1.29 is 4.74 Å². The lowest BCUT2D eigenvalue weighted by atomic mass is 10.1. The Morgan fingerprint density at radius 3 is 2.59 bits per heavy atom. The highest BCUT2D eigenvalue weighted by Crippen LogP contribution is 2.23. The van der Waals surface area contributed by atoms with Crippen molar-refractivity contribution in [2.45, 2.75) is 53.7 Å². The predicted molar refractivity (Wildman–Crippen MR) is 74.1 cm³/mol. The SMILES string of the molecule is CCc1nn(CC)c(COCCC(C)C)c1Br. The second-order valence-electron chi connectivity index (χ2n) is 4.61. The van der Waals surface area contributed by atoms with Crippen molar-refractivity contribution in [2.75, 3.05) is 6.61 Å². The Bertz CT molecular complexity index is 347. The van der Waals surface area contributed by atoms with Gasteiger partial charge >= 0.3 is 0 Å². The zero-order chi connectivity index (χ0) is 12.8. The van der Waals surface area contributed by atoms with Crippen LogP contribution in [0.2, 0.25) is 0 Å². The molecule has 0 aliphatic carbocycles. The molecule has 0 aliphatic heterocycles. The number of nitrogens with zero attached hydrogens (tertiary/aromatic N) is 2. The average Bonchev–Trinajstić information content (AvgIpc) is 2.61. The molecule has 0 fully saturated rings. The highest BCUT2D eigenvalue weighted by molar-refractivity contribution is 9.10. The average molecular weight is 303 g/mol. The van der Waals surface area contributed by atoms with E-state index < -0.39 is 0 Å². The third kappa shape index (κ3) is 4.11. The van der Waals surface area contributed by atoms with Gasteiger partial charge in [0.05, 0.1) is 22.5 Å². The van der Waals surface area contributed by atoms with E-state index in [9.17, 15) is 0 Å². The van der Waals surface area contributed by atoms with Gasteiger partial charge in [-0.15, -0.1) is 0 Å². The molecular weight excluding hydrogens is 280 g/mol. The number of ether oxygens (including phenoxy) is 1. The first-order valence-electron chi connectivity index (χ1n) is 6.41. The third-order valence-electron chi connectivity index (χ3n) is 2.77. The van der Waals surface area contributed by atoms with Crippen molar-refractivity contribution in [3.05, 3.63) is 15.9 Å². The molecule has 0 bridgehead atoms. The van der Waals surface area contributed by atoms with E-state index >= 15 is 0 Å². The predicted octanol–water partition coefficient (Wildman–Crippen LogP) is 3.79. The van der Waals surface area contributed by atoms with Crippen LogP contribution in [0, 0.1) is 5.92 Å². The van der Waals surface area contributed by atoms with Gasteiger partial charge in [0.25, 0.3) is 0 Å². The second-order valence-corrected chi connectivity index (χ2v) is 5.40. The highest BCUT2D eigenvalue weighted by Gasteiger charge is 2.13. The van der Waals surface area contributed by atoms with Gasteiger partial charge in [0, 0.05) is 13.2 Å². The maximum Gasteiger partial charge on any atom is 0.0896 e. The van der Waals surface area contributed by atoms with E-state index in [4.69, 9.17) is 4.74 Å². The molecule has 0 unspecified atom stereocenters. The van der Waals surface area contributed by atoms with E-state index in [2.05, 4.69) is 48.7 Å². The molecule has 1 aromatic heterocycles. The van der Waals surface area contributed by atoms with Crippen LogP contribution < -0.4 is 0 Å². The van der Waals surface area contributed by atoms with Crippen molar-refractivity contribution in [1.82, 2.24) is 9.78 Å². The summed E-state index contributed by atoms with van der Waals surface area (Å²) in [5.41, 5.74) is 2.28. The molecule has 0 radical (unpaired) electrons. The second kappa shape index (κ2) is 7.17. The van der Waals surface area contributed by atoms with Crippen molar-refractivity contribution in [3.63, 3.8) is 0 Å². The van der Waals surface area contributed by atoms with Crippen LogP contribution in [0.1, 0.15) is 45.5 Å². The molecule has 0 saturated heterocycles. The largest absolute Gasteiger partial charge is 0.375 e. The number of aryl methyl sites for hydroxylation is 2. The van der Waals surface area contributed by atoms with Gasteiger partial charge < -0.3 is 4.74 Å². The van der Waals surface area contributed by atoms with E-state index in [0.29, 0.717) is 12.5 Å². The lowest BCUT2D eigenvalue weighted by molar-refractivity contribution is 0.105. The highest BCUT2D eigenvalue weighted by atomic mass is 79.9. The minimum absolute atomic E-state index is 0.647. The van der Waals surface area contributed by atoms with Crippen LogP contribution in [0.3, 0.4) is 0 Å².